The number of hydrogen-bond acceptors (Lipinski definition) is 2. The van der Waals surface area contributed by atoms with Crippen molar-refractivity contribution in [3.8, 4) is 0 Å². The molecule has 1 rings (SSSR count). The first-order valence-corrected chi connectivity index (χ1v) is 5.80. The van der Waals surface area contributed by atoms with E-state index < -0.39 is 0 Å². The van der Waals surface area contributed by atoms with Crippen molar-refractivity contribution in [2.45, 2.75) is 43.9 Å². The highest BCUT2D eigenvalue weighted by Crippen LogP contribution is 2.26. The van der Waals surface area contributed by atoms with Crippen molar-refractivity contribution in [2.75, 3.05) is 0 Å². The van der Waals surface area contributed by atoms with Crippen molar-refractivity contribution in [1.82, 2.24) is 0 Å². The summed E-state index contributed by atoms with van der Waals surface area (Å²) in [6.45, 7) is 8.11. The molecule has 2 atom stereocenters. The molecule has 2 heteroatoms. The van der Waals surface area contributed by atoms with Crippen LogP contribution in [0.2, 0.25) is 0 Å². The Balaban J connectivity index is 2.73. The second-order valence-electron chi connectivity index (χ2n) is 3.81. The Kier molecular flexibility index (Phi) is 4.02. The molecule has 1 aromatic rings. The summed E-state index contributed by atoms with van der Waals surface area (Å²) in [5.41, 5.74) is 2.63. The quantitative estimate of drug-likeness (QED) is 0.773. The summed E-state index contributed by atoms with van der Waals surface area (Å²) < 4.78 is 0. The molecule has 0 aromatic heterocycles. The molecule has 2 unspecified atom stereocenters. The molecule has 0 heterocycles. The van der Waals surface area contributed by atoms with Gasteiger partial charge in [-0.15, -0.1) is 11.8 Å². The molecule has 0 aliphatic carbocycles. The summed E-state index contributed by atoms with van der Waals surface area (Å²) in [7, 11) is 0. The Hall–Kier alpha value is -0.470. The lowest BCUT2D eigenvalue weighted by atomic mass is 10.1. The van der Waals surface area contributed by atoms with Crippen LogP contribution in [-0.4, -0.2) is 16.5 Å². The van der Waals surface area contributed by atoms with Crippen LogP contribution in [0.3, 0.4) is 0 Å². The molecule has 0 amide bonds. The highest BCUT2D eigenvalue weighted by Gasteiger charge is 2.10. The molecule has 0 radical (unpaired) electrons. The van der Waals surface area contributed by atoms with E-state index in [1.807, 2.05) is 13.8 Å². The van der Waals surface area contributed by atoms with Gasteiger partial charge in [0.25, 0.3) is 0 Å². The Morgan fingerprint density at radius 3 is 2.29 bits per heavy atom. The molecule has 14 heavy (non-hydrogen) atoms. The fraction of sp³-hybridized carbons (Fsp3) is 0.500. The molecule has 0 saturated carbocycles. The van der Waals surface area contributed by atoms with Crippen molar-refractivity contribution in [3.63, 3.8) is 0 Å². The van der Waals surface area contributed by atoms with Crippen LogP contribution in [0.25, 0.3) is 0 Å². The monoisotopic (exact) mass is 210 g/mol. The predicted molar refractivity (Wildman–Crippen MR) is 62.9 cm³/mol. The van der Waals surface area contributed by atoms with Gasteiger partial charge in [-0.05, 0) is 44.0 Å². The largest absolute Gasteiger partial charge is 0.392 e. The summed E-state index contributed by atoms with van der Waals surface area (Å²) in [6.07, 6.45) is -0.262. The van der Waals surface area contributed by atoms with E-state index in [9.17, 15) is 5.11 Å². The van der Waals surface area contributed by atoms with Crippen LogP contribution in [0.1, 0.15) is 25.0 Å². The summed E-state index contributed by atoms with van der Waals surface area (Å²) in [5.74, 6) is 0. The van der Waals surface area contributed by atoms with Crippen LogP contribution in [0.15, 0.2) is 23.1 Å². The van der Waals surface area contributed by atoms with Crippen molar-refractivity contribution >= 4 is 11.8 Å². The van der Waals surface area contributed by atoms with Crippen molar-refractivity contribution < 1.29 is 5.11 Å². The second kappa shape index (κ2) is 4.85. The lowest BCUT2D eigenvalue weighted by Gasteiger charge is -2.14. The zero-order valence-corrected chi connectivity index (χ0v) is 10.1. The van der Waals surface area contributed by atoms with Crippen molar-refractivity contribution in [2.24, 2.45) is 0 Å². The molecule has 0 saturated heterocycles. The summed E-state index contributed by atoms with van der Waals surface area (Å²) in [6, 6.07) is 6.43. The van der Waals surface area contributed by atoms with Gasteiger partial charge in [-0.25, -0.2) is 0 Å². The number of benzene rings is 1. The molecule has 0 aliphatic rings. The van der Waals surface area contributed by atoms with E-state index in [1.165, 1.54) is 16.0 Å². The first kappa shape index (κ1) is 11.6. The third-order valence-corrected chi connectivity index (χ3v) is 3.77. The lowest BCUT2D eigenvalue weighted by molar-refractivity contribution is 0.196. The Morgan fingerprint density at radius 2 is 1.79 bits per heavy atom. The van der Waals surface area contributed by atoms with Gasteiger partial charge in [-0.3, -0.25) is 0 Å². The van der Waals surface area contributed by atoms with Crippen molar-refractivity contribution in [1.29, 1.82) is 0 Å². The van der Waals surface area contributed by atoms with E-state index in [0.29, 0.717) is 0 Å². The van der Waals surface area contributed by atoms with Gasteiger partial charge in [0.2, 0.25) is 0 Å². The van der Waals surface area contributed by atoms with Crippen LogP contribution in [0.4, 0.5) is 0 Å². The SMILES string of the molecule is Cc1ccc(SC(C)C(C)O)cc1C. The molecule has 0 bridgehead atoms. The fourth-order valence-corrected chi connectivity index (χ4v) is 2.12. The summed E-state index contributed by atoms with van der Waals surface area (Å²) in [5, 5.41) is 9.63. The number of aliphatic hydroxyl groups excluding tert-OH is 1. The Morgan fingerprint density at radius 1 is 1.14 bits per heavy atom. The Labute approximate surface area is 90.5 Å². The zero-order chi connectivity index (χ0) is 10.7. The molecule has 1 N–H and O–H groups in total. The van der Waals surface area contributed by atoms with E-state index in [1.54, 1.807) is 11.8 Å². The van der Waals surface area contributed by atoms with Gasteiger partial charge in [-0.1, -0.05) is 13.0 Å². The maximum Gasteiger partial charge on any atom is 0.0631 e. The first-order valence-electron chi connectivity index (χ1n) is 4.92. The molecule has 1 nitrogen and oxygen atoms in total. The van der Waals surface area contributed by atoms with Gasteiger partial charge in [0, 0.05) is 10.1 Å². The minimum absolute atomic E-state index is 0.247. The highest BCUT2D eigenvalue weighted by atomic mass is 32.2. The number of rotatable bonds is 3. The average Bonchev–Trinajstić information content (AvgIpc) is 2.11. The second-order valence-corrected chi connectivity index (χ2v) is 5.26. The predicted octanol–water partition coefficient (Wildman–Crippen LogP) is 3.16. The molecule has 1 aromatic carbocycles. The van der Waals surface area contributed by atoms with Crippen LogP contribution >= 0.6 is 11.8 Å². The minimum Gasteiger partial charge on any atom is -0.392 e. The van der Waals surface area contributed by atoms with Gasteiger partial charge in [0.1, 0.15) is 0 Å². The topological polar surface area (TPSA) is 20.2 Å². The molecular formula is C12H18OS. The van der Waals surface area contributed by atoms with Gasteiger partial charge >= 0.3 is 0 Å². The first-order chi connectivity index (χ1) is 6.50. The summed E-state index contributed by atoms with van der Waals surface area (Å²) >= 11 is 1.72. The molecule has 0 aliphatic heterocycles. The van der Waals surface area contributed by atoms with Gasteiger partial charge in [0.05, 0.1) is 6.10 Å². The van der Waals surface area contributed by atoms with Gasteiger partial charge < -0.3 is 5.11 Å². The highest BCUT2D eigenvalue weighted by molar-refractivity contribution is 8.00. The molecule has 0 fully saturated rings. The number of aryl methyl sites for hydroxylation is 2. The van der Waals surface area contributed by atoms with E-state index >= 15 is 0 Å². The normalized spacial score (nSPS) is 15.2. The minimum atomic E-state index is -0.262. The third kappa shape index (κ3) is 3.03. The summed E-state index contributed by atoms with van der Waals surface area (Å²) in [4.78, 5) is 1.24. The molecule has 0 spiro atoms. The van der Waals surface area contributed by atoms with Crippen LogP contribution < -0.4 is 0 Å². The lowest BCUT2D eigenvalue weighted by Crippen LogP contribution is -2.14. The van der Waals surface area contributed by atoms with E-state index in [0.717, 1.165) is 0 Å². The standard InChI is InChI=1S/C12H18OS/c1-8-5-6-12(7-9(8)2)14-11(4)10(3)13/h5-7,10-11,13H,1-4H3. The molecular weight excluding hydrogens is 192 g/mol. The van der Waals surface area contributed by atoms with E-state index in [2.05, 4.69) is 32.0 Å². The average molecular weight is 210 g/mol. The number of aliphatic hydroxyl groups is 1. The van der Waals surface area contributed by atoms with Gasteiger partial charge in [-0.2, -0.15) is 0 Å². The van der Waals surface area contributed by atoms with Crippen LogP contribution in [0.5, 0.6) is 0 Å². The van der Waals surface area contributed by atoms with E-state index in [-0.39, 0.29) is 11.4 Å². The molecule has 78 valence electrons. The number of thioether (sulfide) groups is 1. The Bertz CT molecular complexity index is 307. The van der Waals surface area contributed by atoms with Crippen LogP contribution in [-0.2, 0) is 0 Å². The number of hydrogen-bond donors (Lipinski definition) is 1. The van der Waals surface area contributed by atoms with Gasteiger partial charge in [0.15, 0.2) is 0 Å². The van der Waals surface area contributed by atoms with Crippen LogP contribution in [0, 0.1) is 13.8 Å². The maximum absolute atomic E-state index is 9.39. The smallest absolute Gasteiger partial charge is 0.0631 e. The zero-order valence-electron chi connectivity index (χ0n) is 9.24. The fourth-order valence-electron chi connectivity index (χ4n) is 1.10. The van der Waals surface area contributed by atoms with Crippen molar-refractivity contribution in [3.05, 3.63) is 29.3 Å². The third-order valence-electron chi connectivity index (χ3n) is 2.48. The maximum atomic E-state index is 9.39. The van der Waals surface area contributed by atoms with E-state index in [4.69, 9.17) is 0 Å².